The number of hydrogen-bond acceptors (Lipinski definition) is 1. The molecule has 0 radical (unpaired) electrons. The topological polar surface area (TPSA) is 20.3 Å². The fraction of sp³-hybridized carbons (Fsp3) is 0.278. The van der Waals surface area contributed by atoms with Gasteiger partial charge in [-0.25, -0.2) is 0 Å². The van der Waals surface area contributed by atoms with Gasteiger partial charge in [-0.1, -0.05) is 46.3 Å². The first-order valence-electron chi connectivity index (χ1n) is 7.27. The normalized spacial score (nSPS) is 14.5. The molecule has 2 aromatic carbocycles. The molecular weight excluding hydrogens is 326 g/mol. The number of fused-ring (bicyclic) bond motifs is 1. The molecule has 1 aliphatic rings. The smallest absolute Gasteiger partial charge is 0.253 e. The molecule has 0 saturated carbocycles. The zero-order valence-corrected chi connectivity index (χ0v) is 13.7. The van der Waals surface area contributed by atoms with E-state index in [9.17, 15) is 4.79 Å². The summed E-state index contributed by atoms with van der Waals surface area (Å²) in [7, 11) is 0. The lowest BCUT2D eigenvalue weighted by atomic mass is 10.0. The zero-order valence-electron chi connectivity index (χ0n) is 12.1. The average Bonchev–Trinajstić information content (AvgIpc) is 2.72. The number of benzene rings is 2. The summed E-state index contributed by atoms with van der Waals surface area (Å²) < 4.78 is 0.992. The van der Waals surface area contributed by atoms with Gasteiger partial charge in [-0.2, -0.15) is 0 Å². The van der Waals surface area contributed by atoms with Crippen molar-refractivity contribution in [2.24, 2.45) is 0 Å². The number of aryl methyl sites for hydroxylation is 1. The second-order valence-electron chi connectivity index (χ2n) is 5.52. The first-order valence-corrected chi connectivity index (χ1v) is 8.06. The molecule has 0 fully saturated rings. The van der Waals surface area contributed by atoms with Gasteiger partial charge in [0.1, 0.15) is 0 Å². The third-order valence-electron chi connectivity index (χ3n) is 4.13. The lowest BCUT2D eigenvalue weighted by molar-refractivity contribution is 0.0763. The van der Waals surface area contributed by atoms with Crippen LogP contribution in [0.2, 0.25) is 0 Å². The van der Waals surface area contributed by atoms with E-state index in [1.165, 1.54) is 11.1 Å². The van der Waals surface area contributed by atoms with E-state index in [1.807, 2.05) is 30.0 Å². The van der Waals surface area contributed by atoms with Crippen LogP contribution in [0.3, 0.4) is 0 Å². The Morgan fingerprint density at radius 2 is 1.67 bits per heavy atom. The van der Waals surface area contributed by atoms with Crippen molar-refractivity contribution < 1.29 is 4.79 Å². The van der Waals surface area contributed by atoms with E-state index in [0.717, 1.165) is 41.5 Å². The summed E-state index contributed by atoms with van der Waals surface area (Å²) in [5.41, 5.74) is 4.66. The molecule has 0 spiro atoms. The molecule has 1 aliphatic heterocycles. The molecule has 1 heterocycles. The Hall–Kier alpha value is -1.61. The maximum atomic E-state index is 12.7. The number of nitrogens with zero attached hydrogens (tertiary/aromatic N) is 1. The summed E-state index contributed by atoms with van der Waals surface area (Å²) in [6.07, 6.45) is 1.88. The number of carbonyl (C=O) groups excluding carboxylic acids is 1. The van der Waals surface area contributed by atoms with Gasteiger partial charge >= 0.3 is 0 Å². The highest BCUT2D eigenvalue weighted by atomic mass is 79.9. The molecule has 0 saturated heterocycles. The van der Waals surface area contributed by atoms with E-state index in [2.05, 4.69) is 40.2 Å². The second kappa shape index (κ2) is 6.02. The molecule has 3 heteroatoms. The van der Waals surface area contributed by atoms with E-state index in [1.54, 1.807) is 0 Å². The molecule has 0 N–H and O–H groups in total. The SMILES string of the molecule is Cc1ccc(C(=O)N2CCc3ccccc3CC2)cc1Br. The van der Waals surface area contributed by atoms with Gasteiger partial charge in [-0.05, 0) is 48.6 Å². The first kappa shape index (κ1) is 14.3. The van der Waals surface area contributed by atoms with Gasteiger partial charge in [-0.3, -0.25) is 4.79 Å². The highest BCUT2D eigenvalue weighted by Gasteiger charge is 2.19. The van der Waals surface area contributed by atoms with E-state index in [0.29, 0.717) is 0 Å². The molecule has 1 amide bonds. The van der Waals surface area contributed by atoms with Gasteiger partial charge in [-0.15, -0.1) is 0 Å². The molecular formula is C18H18BrNO. The van der Waals surface area contributed by atoms with E-state index >= 15 is 0 Å². The van der Waals surface area contributed by atoms with Crippen molar-refractivity contribution in [3.05, 3.63) is 69.2 Å². The van der Waals surface area contributed by atoms with Crippen molar-refractivity contribution >= 4 is 21.8 Å². The van der Waals surface area contributed by atoms with Crippen LogP contribution in [-0.4, -0.2) is 23.9 Å². The molecule has 108 valence electrons. The highest BCUT2D eigenvalue weighted by Crippen LogP contribution is 2.21. The monoisotopic (exact) mass is 343 g/mol. The van der Waals surface area contributed by atoms with Crippen molar-refractivity contribution in [2.75, 3.05) is 13.1 Å². The van der Waals surface area contributed by atoms with Crippen LogP contribution in [0.25, 0.3) is 0 Å². The standard InChI is InChI=1S/C18H18BrNO/c1-13-6-7-16(12-17(13)19)18(21)20-10-8-14-4-2-3-5-15(14)9-11-20/h2-7,12H,8-11H2,1H3. The minimum Gasteiger partial charge on any atom is -0.338 e. The Morgan fingerprint density at radius 3 is 2.24 bits per heavy atom. The van der Waals surface area contributed by atoms with Crippen LogP contribution in [0, 0.1) is 6.92 Å². The molecule has 3 rings (SSSR count). The number of amides is 1. The second-order valence-corrected chi connectivity index (χ2v) is 6.38. The van der Waals surface area contributed by atoms with Crippen molar-refractivity contribution in [1.82, 2.24) is 4.90 Å². The summed E-state index contributed by atoms with van der Waals surface area (Å²) in [5, 5.41) is 0. The predicted molar refractivity (Wildman–Crippen MR) is 88.6 cm³/mol. The van der Waals surface area contributed by atoms with E-state index < -0.39 is 0 Å². The lowest BCUT2D eigenvalue weighted by Crippen LogP contribution is -2.33. The summed E-state index contributed by atoms with van der Waals surface area (Å²) >= 11 is 3.51. The number of hydrogen-bond donors (Lipinski definition) is 0. The van der Waals surface area contributed by atoms with Gasteiger partial charge in [0.15, 0.2) is 0 Å². The van der Waals surface area contributed by atoms with Crippen LogP contribution in [0.4, 0.5) is 0 Å². The van der Waals surface area contributed by atoms with Crippen molar-refractivity contribution in [1.29, 1.82) is 0 Å². The quantitative estimate of drug-likeness (QED) is 0.766. The molecule has 0 aliphatic carbocycles. The maximum absolute atomic E-state index is 12.7. The third-order valence-corrected chi connectivity index (χ3v) is 4.98. The number of carbonyl (C=O) groups is 1. The molecule has 0 bridgehead atoms. The molecule has 0 atom stereocenters. The Morgan fingerprint density at radius 1 is 1.05 bits per heavy atom. The minimum atomic E-state index is 0.128. The Labute approximate surface area is 133 Å². The molecule has 0 unspecified atom stereocenters. The summed E-state index contributed by atoms with van der Waals surface area (Å²) in [6, 6.07) is 14.3. The van der Waals surface area contributed by atoms with Gasteiger partial charge < -0.3 is 4.90 Å². The number of halogens is 1. The lowest BCUT2D eigenvalue weighted by Gasteiger charge is -2.20. The van der Waals surface area contributed by atoms with Gasteiger partial charge in [0, 0.05) is 23.1 Å². The average molecular weight is 344 g/mol. The third kappa shape index (κ3) is 3.03. The molecule has 0 aromatic heterocycles. The fourth-order valence-corrected chi connectivity index (χ4v) is 3.16. The molecule has 2 aromatic rings. The summed E-state index contributed by atoms with van der Waals surface area (Å²) in [6.45, 7) is 3.61. The van der Waals surface area contributed by atoms with Gasteiger partial charge in [0.2, 0.25) is 0 Å². The van der Waals surface area contributed by atoms with Gasteiger partial charge in [0.05, 0.1) is 0 Å². The Bertz CT molecular complexity index is 654. The van der Waals surface area contributed by atoms with Gasteiger partial charge in [0.25, 0.3) is 5.91 Å². The van der Waals surface area contributed by atoms with Crippen molar-refractivity contribution in [3.63, 3.8) is 0 Å². The van der Waals surface area contributed by atoms with Crippen LogP contribution in [0.5, 0.6) is 0 Å². The number of rotatable bonds is 1. The molecule has 21 heavy (non-hydrogen) atoms. The zero-order chi connectivity index (χ0) is 14.8. The Kier molecular flexibility index (Phi) is 4.11. The summed E-state index contributed by atoms with van der Waals surface area (Å²) in [5.74, 6) is 0.128. The van der Waals surface area contributed by atoms with Crippen LogP contribution in [0.1, 0.15) is 27.0 Å². The van der Waals surface area contributed by atoms with Crippen LogP contribution >= 0.6 is 15.9 Å². The van der Waals surface area contributed by atoms with Crippen LogP contribution in [-0.2, 0) is 12.8 Å². The fourth-order valence-electron chi connectivity index (χ4n) is 2.78. The largest absolute Gasteiger partial charge is 0.338 e. The predicted octanol–water partition coefficient (Wildman–Crippen LogP) is 4.00. The van der Waals surface area contributed by atoms with Crippen LogP contribution < -0.4 is 0 Å². The van der Waals surface area contributed by atoms with Crippen LogP contribution in [0.15, 0.2) is 46.9 Å². The van der Waals surface area contributed by atoms with E-state index in [4.69, 9.17) is 0 Å². The van der Waals surface area contributed by atoms with E-state index in [-0.39, 0.29) is 5.91 Å². The Balaban J connectivity index is 1.79. The van der Waals surface area contributed by atoms with Crippen molar-refractivity contribution in [2.45, 2.75) is 19.8 Å². The molecule has 2 nitrogen and oxygen atoms in total. The first-order chi connectivity index (χ1) is 10.1. The van der Waals surface area contributed by atoms with Crippen molar-refractivity contribution in [3.8, 4) is 0 Å². The minimum absolute atomic E-state index is 0.128. The highest BCUT2D eigenvalue weighted by molar-refractivity contribution is 9.10. The maximum Gasteiger partial charge on any atom is 0.253 e. The summed E-state index contributed by atoms with van der Waals surface area (Å²) in [4.78, 5) is 14.6.